The maximum atomic E-state index is 13.4. The fourth-order valence-corrected chi connectivity index (χ4v) is 4.93. The zero-order chi connectivity index (χ0) is 22.6. The highest BCUT2D eigenvalue weighted by atomic mass is 16.5. The maximum absolute atomic E-state index is 13.4. The monoisotopic (exact) mass is 448 g/mol. The minimum atomic E-state index is -0.0795. The van der Waals surface area contributed by atoms with Crippen molar-refractivity contribution in [3.63, 3.8) is 0 Å². The number of carbonyl (C=O) groups is 1. The van der Waals surface area contributed by atoms with Crippen LogP contribution in [-0.4, -0.2) is 56.3 Å². The number of tetrazole rings is 1. The first kappa shape index (κ1) is 21.5. The molecule has 5 rings (SSSR count). The van der Waals surface area contributed by atoms with E-state index in [0.717, 1.165) is 16.9 Å². The van der Waals surface area contributed by atoms with Gasteiger partial charge in [-0.3, -0.25) is 4.79 Å². The molecule has 2 aromatic heterocycles. The molecule has 1 aliphatic carbocycles. The Morgan fingerprint density at radius 3 is 2.85 bits per heavy atom. The van der Waals surface area contributed by atoms with E-state index in [0.29, 0.717) is 37.0 Å². The first-order chi connectivity index (χ1) is 16.2. The molecule has 0 N–H and O–H groups in total. The smallest absolute Gasteiger partial charge is 0.254 e. The lowest BCUT2D eigenvalue weighted by atomic mass is 9.82. The van der Waals surface area contributed by atoms with Crippen molar-refractivity contribution in [3.8, 4) is 11.6 Å². The van der Waals surface area contributed by atoms with Crippen LogP contribution in [0.5, 0.6) is 5.75 Å². The fourth-order valence-electron chi connectivity index (χ4n) is 4.93. The largest absolute Gasteiger partial charge is 0.491 e. The predicted octanol–water partition coefficient (Wildman–Crippen LogP) is 3.36. The Bertz CT molecular complexity index is 1100. The van der Waals surface area contributed by atoms with Gasteiger partial charge in [-0.15, -0.1) is 5.10 Å². The highest BCUT2D eigenvalue weighted by molar-refractivity contribution is 5.94. The number of methoxy groups -OCH3 is 1. The molecule has 2 aliphatic rings. The summed E-state index contributed by atoms with van der Waals surface area (Å²) in [5.74, 6) is 1.78. The number of rotatable bonds is 5. The molecule has 1 unspecified atom stereocenters. The van der Waals surface area contributed by atoms with Gasteiger partial charge in [-0.1, -0.05) is 25.3 Å². The maximum Gasteiger partial charge on any atom is 0.254 e. The molecule has 9 nitrogen and oxygen atoms in total. The van der Waals surface area contributed by atoms with E-state index >= 15 is 0 Å². The van der Waals surface area contributed by atoms with Crippen LogP contribution >= 0.6 is 0 Å². The van der Waals surface area contributed by atoms with Crippen LogP contribution in [0.15, 0.2) is 42.9 Å². The number of fused-ring (bicyclic) bond motifs is 1. The third-order valence-electron chi connectivity index (χ3n) is 6.59. The highest BCUT2D eigenvalue weighted by Crippen LogP contribution is 2.38. The van der Waals surface area contributed by atoms with Crippen LogP contribution in [0.1, 0.15) is 59.7 Å². The van der Waals surface area contributed by atoms with Crippen molar-refractivity contribution >= 4 is 5.91 Å². The van der Waals surface area contributed by atoms with Crippen molar-refractivity contribution in [3.05, 3.63) is 59.5 Å². The minimum Gasteiger partial charge on any atom is -0.491 e. The zero-order valence-corrected chi connectivity index (χ0v) is 18.8. The zero-order valence-electron chi connectivity index (χ0n) is 18.8. The first-order valence-electron chi connectivity index (χ1n) is 11.5. The number of aromatic nitrogens is 5. The van der Waals surface area contributed by atoms with E-state index in [1.54, 1.807) is 25.4 Å². The molecule has 3 aromatic rings. The van der Waals surface area contributed by atoms with Crippen LogP contribution in [0.3, 0.4) is 0 Å². The van der Waals surface area contributed by atoms with Gasteiger partial charge in [0, 0.05) is 31.0 Å². The van der Waals surface area contributed by atoms with E-state index in [1.165, 1.54) is 43.1 Å². The average Bonchev–Trinajstić information content (AvgIpc) is 3.32. The van der Waals surface area contributed by atoms with Gasteiger partial charge in [0.25, 0.3) is 5.91 Å². The molecule has 1 fully saturated rings. The second-order valence-electron chi connectivity index (χ2n) is 8.65. The standard InChI is InChI=1S/C24H28N6O3/c1-32-23(17-5-3-2-4-6-17)18-7-8-21-20(13-18)15-29(11-12-33-21)24(31)19-9-10-25-22(14-19)30-16-26-27-28-30/h7-10,13-14,16-17,23H,2-6,11-12,15H2,1H3. The van der Waals surface area contributed by atoms with Crippen molar-refractivity contribution in [2.45, 2.75) is 44.8 Å². The summed E-state index contributed by atoms with van der Waals surface area (Å²) in [4.78, 5) is 19.4. The van der Waals surface area contributed by atoms with E-state index in [9.17, 15) is 4.79 Å². The van der Waals surface area contributed by atoms with Gasteiger partial charge in [0.1, 0.15) is 18.7 Å². The minimum absolute atomic E-state index is 0.0713. The van der Waals surface area contributed by atoms with Gasteiger partial charge in [0.2, 0.25) is 0 Å². The van der Waals surface area contributed by atoms with Crippen molar-refractivity contribution in [1.82, 2.24) is 30.1 Å². The highest BCUT2D eigenvalue weighted by Gasteiger charge is 2.27. The predicted molar refractivity (Wildman–Crippen MR) is 120 cm³/mol. The van der Waals surface area contributed by atoms with Gasteiger partial charge >= 0.3 is 0 Å². The Labute approximate surface area is 192 Å². The quantitative estimate of drug-likeness (QED) is 0.591. The topological polar surface area (TPSA) is 95.3 Å². The van der Waals surface area contributed by atoms with E-state index in [2.05, 4.69) is 32.6 Å². The van der Waals surface area contributed by atoms with E-state index in [4.69, 9.17) is 9.47 Å². The molecule has 33 heavy (non-hydrogen) atoms. The van der Waals surface area contributed by atoms with Gasteiger partial charge in [0.15, 0.2) is 5.82 Å². The lowest BCUT2D eigenvalue weighted by Crippen LogP contribution is -2.32. The van der Waals surface area contributed by atoms with Crippen LogP contribution in [0.25, 0.3) is 5.82 Å². The van der Waals surface area contributed by atoms with Crippen molar-refractivity contribution in [2.24, 2.45) is 5.92 Å². The fraction of sp³-hybridized carbons (Fsp3) is 0.458. The second kappa shape index (κ2) is 9.66. The number of pyridine rings is 1. The molecule has 1 saturated carbocycles. The molecular formula is C24H28N6O3. The van der Waals surface area contributed by atoms with Gasteiger partial charge in [-0.05, 0) is 59.0 Å². The summed E-state index contributed by atoms with van der Waals surface area (Å²) in [5.41, 5.74) is 2.70. The molecule has 9 heteroatoms. The van der Waals surface area contributed by atoms with Crippen LogP contribution in [-0.2, 0) is 11.3 Å². The summed E-state index contributed by atoms with van der Waals surface area (Å²) in [5, 5.41) is 11.1. The molecule has 172 valence electrons. The molecule has 0 spiro atoms. The Balaban J connectivity index is 1.38. The van der Waals surface area contributed by atoms with E-state index in [1.807, 2.05) is 11.0 Å². The van der Waals surface area contributed by atoms with Crippen LogP contribution < -0.4 is 4.74 Å². The van der Waals surface area contributed by atoms with Crippen molar-refractivity contribution in [1.29, 1.82) is 0 Å². The molecule has 1 amide bonds. The van der Waals surface area contributed by atoms with Crippen LogP contribution in [0.2, 0.25) is 0 Å². The third kappa shape index (κ3) is 4.59. The van der Waals surface area contributed by atoms with Crippen molar-refractivity contribution in [2.75, 3.05) is 20.3 Å². The number of amides is 1. The molecule has 0 radical (unpaired) electrons. The summed E-state index contributed by atoms with van der Waals surface area (Å²) >= 11 is 0. The molecule has 1 aliphatic heterocycles. The summed E-state index contributed by atoms with van der Waals surface area (Å²) in [6.45, 7) is 1.42. The Kier molecular flexibility index (Phi) is 6.30. The summed E-state index contributed by atoms with van der Waals surface area (Å²) in [6.07, 6.45) is 9.35. The summed E-state index contributed by atoms with van der Waals surface area (Å²) in [7, 11) is 1.79. The first-order valence-corrected chi connectivity index (χ1v) is 11.5. The van der Waals surface area contributed by atoms with Gasteiger partial charge in [-0.25, -0.2) is 4.98 Å². The van der Waals surface area contributed by atoms with Crippen LogP contribution in [0.4, 0.5) is 0 Å². The van der Waals surface area contributed by atoms with E-state index < -0.39 is 0 Å². The Morgan fingerprint density at radius 2 is 2.06 bits per heavy atom. The number of ether oxygens (including phenoxy) is 2. The molecular weight excluding hydrogens is 420 g/mol. The molecule has 1 aromatic carbocycles. The number of nitrogens with zero attached hydrogens (tertiary/aromatic N) is 6. The number of carbonyl (C=O) groups excluding carboxylic acids is 1. The van der Waals surface area contributed by atoms with Crippen LogP contribution in [0, 0.1) is 5.92 Å². The normalized spacial score (nSPS) is 17.7. The molecule has 1 atom stereocenters. The molecule has 3 heterocycles. The lowest BCUT2D eigenvalue weighted by Gasteiger charge is -2.30. The van der Waals surface area contributed by atoms with Gasteiger partial charge in [0.05, 0.1) is 12.6 Å². The van der Waals surface area contributed by atoms with Gasteiger partial charge in [-0.2, -0.15) is 4.68 Å². The molecule has 0 saturated heterocycles. The SMILES string of the molecule is COC(c1ccc2c(c1)CN(C(=O)c1ccnc(-n3cnnn3)c1)CCO2)C1CCCCC1. The summed E-state index contributed by atoms with van der Waals surface area (Å²) in [6, 6.07) is 9.70. The Morgan fingerprint density at radius 1 is 1.18 bits per heavy atom. The number of benzene rings is 1. The van der Waals surface area contributed by atoms with E-state index in [-0.39, 0.29) is 12.0 Å². The second-order valence-corrected chi connectivity index (χ2v) is 8.65. The van der Waals surface area contributed by atoms with Crippen molar-refractivity contribution < 1.29 is 14.3 Å². The summed E-state index contributed by atoms with van der Waals surface area (Å²) < 4.78 is 13.4. The molecule has 0 bridgehead atoms. The number of hydrogen-bond donors (Lipinski definition) is 0. The van der Waals surface area contributed by atoms with Gasteiger partial charge < -0.3 is 14.4 Å². The Hall–Kier alpha value is -3.33. The lowest BCUT2D eigenvalue weighted by molar-refractivity contribution is 0.0353. The third-order valence-corrected chi connectivity index (χ3v) is 6.59. The average molecular weight is 449 g/mol. The number of hydrogen-bond acceptors (Lipinski definition) is 7.